The fourth-order valence-electron chi connectivity index (χ4n) is 2.24. The molecule has 0 spiro atoms. The minimum atomic E-state index is -0.102. The van der Waals surface area contributed by atoms with E-state index in [4.69, 9.17) is 0 Å². The van der Waals surface area contributed by atoms with E-state index >= 15 is 0 Å². The van der Waals surface area contributed by atoms with E-state index in [-0.39, 0.29) is 12.1 Å². The van der Waals surface area contributed by atoms with Crippen molar-refractivity contribution in [1.29, 1.82) is 0 Å². The van der Waals surface area contributed by atoms with Gasteiger partial charge in [-0.15, -0.1) is 11.3 Å². The quantitative estimate of drug-likeness (QED) is 0.800. The van der Waals surface area contributed by atoms with Crippen LogP contribution in [0.1, 0.15) is 37.5 Å². The van der Waals surface area contributed by atoms with Gasteiger partial charge in [0.05, 0.1) is 6.61 Å². The first-order chi connectivity index (χ1) is 7.72. The Balaban J connectivity index is 1.82. The van der Waals surface area contributed by atoms with Gasteiger partial charge in [0, 0.05) is 17.0 Å². The van der Waals surface area contributed by atoms with Crippen molar-refractivity contribution in [3.8, 4) is 0 Å². The van der Waals surface area contributed by atoms with E-state index in [2.05, 4.69) is 29.8 Å². The zero-order valence-electron chi connectivity index (χ0n) is 9.91. The van der Waals surface area contributed by atoms with Gasteiger partial charge in [0.1, 0.15) is 0 Å². The zero-order valence-corrected chi connectivity index (χ0v) is 10.7. The standard InChI is InChI=1S/C13H21NOS/c1-13(10-15,8-11-4-2-5-11)14-9-12-6-3-7-16-12/h3,6-7,11,14-15H,2,4-5,8-10H2,1H3. The molecule has 0 aliphatic heterocycles. The Hall–Kier alpha value is -0.380. The van der Waals surface area contributed by atoms with E-state index < -0.39 is 0 Å². The molecule has 1 heterocycles. The molecule has 3 heteroatoms. The summed E-state index contributed by atoms with van der Waals surface area (Å²) in [4.78, 5) is 1.34. The van der Waals surface area contributed by atoms with Gasteiger partial charge in [-0.1, -0.05) is 25.3 Å². The van der Waals surface area contributed by atoms with E-state index in [0.717, 1.165) is 18.9 Å². The first-order valence-corrected chi connectivity index (χ1v) is 6.98. The minimum absolute atomic E-state index is 0.102. The highest BCUT2D eigenvalue weighted by Crippen LogP contribution is 2.33. The van der Waals surface area contributed by atoms with Crippen molar-refractivity contribution in [2.75, 3.05) is 6.61 Å². The van der Waals surface area contributed by atoms with Crippen LogP contribution < -0.4 is 5.32 Å². The summed E-state index contributed by atoms with van der Waals surface area (Å²) in [6, 6.07) is 4.21. The van der Waals surface area contributed by atoms with Crippen molar-refractivity contribution in [3.63, 3.8) is 0 Å². The molecule has 0 aromatic carbocycles. The van der Waals surface area contributed by atoms with Crippen LogP contribution in [0.3, 0.4) is 0 Å². The number of rotatable bonds is 6. The van der Waals surface area contributed by atoms with Crippen molar-refractivity contribution in [2.45, 2.75) is 44.7 Å². The molecule has 1 aliphatic carbocycles. The molecule has 90 valence electrons. The van der Waals surface area contributed by atoms with Gasteiger partial charge < -0.3 is 10.4 Å². The normalized spacial score (nSPS) is 20.4. The first kappa shape index (κ1) is 12.1. The molecule has 0 bridgehead atoms. The van der Waals surface area contributed by atoms with Gasteiger partial charge in [-0.3, -0.25) is 0 Å². The molecule has 2 rings (SSSR count). The Labute approximate surface area is 102 Å². The van der Waals surface area contributed by atoms with Crippen LogP contribution in [0.5, 0.6) is 0 Å². The highest BCUT2D eigenvalue weighted by atomic mass is 32.1. The lowest BCUT2D eigenvalue weighted by molar-refractivity contribution is 0.123. The SMILES string of the molecule is CC(CO)(CC1CCC1)NCc1cccs1. The third kappa shape index (κ3) is 3.06. The molecule has 2 N–H and O–H groups in total. The highest BCUT2D eigenvalue weighted by Gasteiger charge is 2.29. The molecule has 1 aliphatic rings. The molecule has 2 nitrogen and oxygen atoms in total. The van der Waals surface area contributed by atoms with E-state index in [1.54, 1.807) is 11.3 Å². The molecule has 1 unspecified atom stereocenters. The lowest BCUT2D eigenvalue weighted by Crippen LogP contribution is -2.47. The molecule has 0 amide bonds. The molecule has 1 saturated carbocycles. The van der Waals surface area contributed by atoms with Gasteiger partial charge >= 0.3 is 0 Å². The van der Waals surface area contributed by atoms with Crippen LogP contribution in [0.2, 0.25) is 0 Å². The number of thiophene rings is 1. The van der Waals surface area contributed by atoms with Gasteiger partial charge in [-0.05, 0) is 30.7 Å². The van der Waals surface area contributed by atoms with Gasteiger partial charge in [-0.2, -0.15) is 0 Å². The maximum Gasteiger partial charge on any atom is 0.0610 e. The Kier molecular flexibility index (Phi) is 4.00. The number of hydrogen-bond acceptors (Lipinski definition) is 3. The fourth-order valence-corrected chi connectivity index (χ4v) is 2.88. The van der Waals surface area contributed by atoms with Gasteiger partial charge in [0.25, 0.3) is 0 Å². The topological polar surface area (TPSA) is 32.3 Å². The summed E-state index contributed by atoms with van der Waals surface area (Å²) < 4.78 is 0. The number of aliphatic hydroxyl groups is 1. The van der Waals surface area contributed by atoms with Gasteiger partial charge in [0.2, 0.25) is 0 Å². The first-order valence-electron chi connectivity index (χ1n) is 6.10. The third-order valence-corrected chi connectivity index (χ3v) is 4.46. The smallest absolute Gasteiger partial charge is 0.0610 e. The second kappa shape index (κ2) is 5.30. The van der Waals surface area contributed by atoms with Crippen molar-refractivity contribution in [2.24, 2.45) is 5.92 Å². The Morgan fingerprint density at radius 1 is 1.56 bits per heavy atom. The lowest BCUT2D eigenvalue weighted by Gasteiger charge is -2.36. The minimum Gasteiger partial charge on any atom is -0.394 e. The summed E-state index contributed by atoms with van der Waals surface area (Å²) in [5.74, 6) is 0.827. The summed E-state index contributed by atoms with van der Waals surface area (Å²) in [6.07, 6.45) is 5.17. The Bertz CT molecular complexity index is 308. The molecule has 1 aromatic rings. The summed E-state index contributed by atoms with van der Waals surface area (Å²) >= 11 is 1.77. The number of nitrogens with one attached hydrogen (secondary N) is 1. The lowest BCUT2D eigenvalue weighted by atomic mass is 9.77. The van der Waals surface area contributed by atoms with Gasteiger partial charge in [0.15, 0.2) is 0 Å². The van der Waals surface area contributed by atoms with Crippen LogP contribution in [-0.2, 0) is 6.54 Å². The van der Waals surface area contributed by atoms with Crippen LogP contribution in [0.25, 0.3) is 0 Å². The van der Waals surface area contributed by atoms with E-state index in [1.807, 2.05) is 0 Å². The van der Waals surface area contributed by atoms with E-state index in [9.17, 15) is 5.11 Å². The average molecular weight is 239 g/mol. The molecule has 0 radical (unpaired) electrons. The van der Waals surface area contributed by atoms with Crippen LogP contribution in [0, 0.1) is 5.92 Å². The average Bonchev–Trinajstić information content (AvgIpc) is 2.74. The molecule has 1 aromatic heterocycles. The van der Waals surface area contributed by atoms with Crippen LogP contribution in [0.4, 0.5) is 0 Å². The fraction of sp³-hybridized carbons (Fsp3) is 0.692. The molecular formula is C13H21NOS. The van der Waals surface area contributed by atoms with Crippen molar-refractivity contribution >= 4 is 11.3 Å². The van der Waals surface area contributed by atoms with Crippen molar-refractivity contribution in [1.82, 2.24) is 5.32 Å². The number of aliphatic hydroxyl groups excluding tert-OH is 1. The van der Waals surface area contributed by atoms with Crippen molar-refractivity contribution < 1.29 is 5.11 Å². The third-order valence-electron chi connectivity index (χ3n) is 3.58. The monoisotopic (exact) mass is 239 g/mol. The predicted molar refractivity (Wildman–Crippen MR) is 68.6 cm³/mol. The Morgan fingerprint density at radius 2 is 2.38 bits per heavy atom. The summed E-state index contributed by atoms with van der Waals surface area (Å²) in [6.45, 7) is 3.25. The largest absolute Gasteiger partial charge is 0.394 e. The highest BCUT2D eigenvalue weighted by molar-refractivity contribution is 7.09. The van der Waals surface area contributed by atoms with Crippen LogP contribution >= 0.6 is 11.3 Å². The maximum absolute atomic E-state index is 9.52. The Morgan fingerprint density at radius 3 is 2.88 bits per heavy atom. The number of hydrogen-bond donors (Lipinski definition) is 2. The maximum atomic E-state index is 9.52. The molecule has 1 atom stereocenters. The van der Waals surface area contributed by atoms with Crippen molar-refractivity contribution in [3.05, 3.63) is 22.4 Å². The molecule has 1 fully saturated rings. The van der Waals surface area contributed by atoms with Crippen LogP contribution in [-0.4, -0.2) is 17.3 Å². The molecular weight excluding hydrogens is 218 g/mol. The second-order valence-corrected chi connectivity index (χ2v) is 6.18. The predicted octanol–water partition coefficient (Wildman–Crippen LogP) is 2.78. The van der Waals surface area contributed by atoms with E-state index in [0.29, 0.717) is 0 Å². The summed E-state index contributed by atoms with van der Waals surface area (Å²) in [5.41, 5.74) is -0.102. The zero-order chi connectivity index (χ0) is 11.4. The summed E-state index contributed by atoms with van der Waals surface area (Å²) in [7, 11) is 0. The molecule has 0 saturated heterocycles. The van der Waals surface area contributed by atoms with Gasteiger partial charge in [-0.25, -0.2) is 0 Å². The van der Waals surface area contributed by atoms with E-state index in [1.165, 1.54) is 24.1 Å². The second-order valence-electron chi connectivity index (χ2n) is 5.15. The summed E-state index contributed by atoms with van der Waals surface area (Å²) in [5, 5.41) is 15.1. The molecule has 16 heavy (non-hydrogen) atoms. The van der Waals surface area contributed by atoms with Crippen LogP contribution in [0.15, 0.2) is 17.5 Å².